The van der Waals surface area contributed by atoms with Crippen LogP contribution in [0.3, 0.4) is 0 Å². The molecule has 0 heterocycles. The second-order valence-electron chi connectivity index (χ2n) is 4.60. The molecule has 0 saturated heterocycles. The van der Waals surface area contributed by atoms with Crippen LogP contribution in [0.1, 0.15) is 25.8 Å². The lowest BCUT2D eigenvalue weighted by Gasteiger charge is -2.26. The first kappa shape index (κ1) is 13.5. The Morgan fingerprint density at radius 3 is 2.06 bits per heavy atom. The summed E-state index contributed by atoms with van der Waals surface area (Å²) in [4.78, 5) is 0.978. The van der Waals surface area contributed by atoms with Crippen molar-refractivity contribution in [3.05, 3.63) is 29.8 Å². The summed E-state index contributed by atoms with van der Waals surface area (Å²) in [6.07, 6.45) is 1.56. The molecular weight excluding hydrogens is 228 g/mol. The summed E-state index contributed by atoms with van der Waals surface area (Å²) in [7, 11) is 0. The van der Waals surface area contributed by atoms with E-state index in [4.69, 9.17) is 5.73 Å². The third kappa shape index (κ3) is 3.76. The van der Waals surface area contributed by atoms with Crippen LogP contribution in [0.15, 0.2) is 29.2 Å². The van der Waals surface area contributed by atoms with Crippen molar-refractivity contribution in [3.8, 4) is 0 Å². The van der Waals surface area contributed by atoms with Crippen LogP contribution in [0, 0.1) is 0 Å². The Kier molecular flexibility index (Phi) is 3.97. The van der Waals surface area contributed by atoms with Crippen LogP contribution in [-0.4, -0.2) is 11.8 Å². The molecule has 0 aliphatic heterocycles. The van der Waals surface area contributed by atoms with Crippen molar-refractivity contribution < 1.29 is 8.78 Å². The van der Waals surface area contributed by atoms with E-state index >= 15 is 0 Å². The van der Waals surface area contributed by atoms with Gasteiger partial charge in [-0.25, -0.2) is 8.78 Å². The van der Waals surface area contributed by atoms with Crippen molar-refractivity contribution in [2.45, 2.75) is 36.6 Å². The highest BCUT2D eigenvalue weighted by molar-refractivity contribution is 7.98. The molecule has 0 radical (unpaired) electrons. The number of halogens is 2. The molecule has 0 saturated carbocycles. The van der Waals surface area contributed by atoms with E-state index in [9.17, 15) is 8.78 Å². The Morgan fingerprint density at radius 2 is 1.69 bits per heavy atom. The maximum atomic E-state index is 13.8. The summed E-state index contributed by atoms with van der Waals surface area (Å²) >= 11 is 1.53. The van der Waals surface area contributed by atoms with Gasteiger partial charge in [-0.2, -0.15) is 0 Å². The van der Waals surface area contributed by atoms with Crippen LogP contribution < -0.4 is 5.73 Å². The fraction of sp³-hybridized carbons (Fsp3) is 0.500. The van der Waals surface area contributed by atoms with E-state index in [-0.39, 0.29) is 12.0 Å². The molecule has 16 heavy (non-hydrogen) atoms. The molecule has 0 bridgehead atoms. The largest absolute Gasteiger partial charge is 0.325 e. The van der Waals surface area contributed by atoms with Gasteiger partial charge in [0.15, 0.2) is 0 Å². The third-order valence-electron chi connectivity index (χ3n) is 2.19. The van der Waals surface area contributed by atoms with E-state index in [1.807, 2.05) is 6.26 Å². The molecule has 0 amide bonds. The molecule has 1 rings (SSSR count). The van der Waals surface area contributed by atoms with Gasteiger partial charge < -0.3 is 5.73 Å². The van der Waals surface area contributed by atoms with Gasteiger partial charge in [-0.15, -0.1) is 11.8 Å². The molecule has 90 valence electrons. The minimum absolute atomic E-state index is 0.0313. The van der Waals surface area contributed by atoms with Gasteiger partial charge >= 0.3 is 0 Å². The van der Waals surface area contributed by atoms with Crippen LogP contribution in [0.5, 0.6) is 0 Å². The van der Waals surface area contributed by atoms with Crippen molar-refractivity contribution in [1.29, 1.82) is 0 Å². The summed E-state index contributed by atoms with van der Waals surface area (Å²) in [5.41, 5.74) is 4.79. The Morgan fingerprint density at radius 1 is 1.19 bits per heavy atom. The minimum Gasteiger partial charge on any atom is -0.325 e. The number of alkyl halides is 2. The quantitative estimate of drug-likeness (QED) is 0.820. The minimum atomic E-state index is -2.87. The molecule has 0 fully saturated rings. The van der Waals surface area contributed by atoms with Gasteiger partial charge in [-0.1, -0.05) is 12.1 Å². The zero-order valence-corrected chi connectivity index (χ0v) is 10.6. The summed E-state index contributed by atoms with van der Waals surface area (Å²) < 4.78 is 27.6. The van der Waals surface area contributed by atoms with E-state index in [2.05, 4.69) is 0 Å². The standard InChI is InChI=1S/C12H17F2NS/c1-11(2,15)8-12(13,14)9-4-6-10(16-3)7-5-9/h4-7H,8,15H2,1-3H3. The number of hydrogen-bond acceptors (Lipinski definition) is 2. The summed E-state index contributed by atoms with van der Waals surface area (Å²) in [5, 5.41) is 0. The predicted octanol–water partition coefficient (Wildman–Crippen LogP) is 3.63. The molecule has 0 unspecified atom stereocenters. The molecule has 0 atom stereocenters. The van der Waals surface area contributed by atoms with E-state index in [0.717, 1.165) is 4.90 Å². The van der Waals surface area contributed by atoms with Crippen LogP contribution in [-0.2, 0) is 5.92 Å². The Balaban J connectivity index is 2.89. The average molecular weight is 245 g/mol. The maximum absolute atomic E-state index is 13.8. The van der Waals surface area contributed by atoms with Gasteiger partial charge in [0.25, 0.3) is 5.92 Å². The molecular formula is C12H17F2NS. The second-order valence-corrected chi connectivity index (χ2v) is 5.48. The van der Waals surface area contributed by atoms with Gasteiger partial charge in [0.2, 0.25) is 0 Å². The molecule has 0 spiro atoms. The van der Waals surface area contributed by atoms with Crippen LogP contribution in [0.2, 0.25) is 0 Å². The SMILES string of the molecule is CSc1ccc(C(F)(F)CC(C)(C)N)cc1. The number of benzene rings is 1. The zero-order chi connectivity index (χ0) is 12.4. The van der Waals surface area contributed by atoms with E-state index in [1.54, 1.807) is 26.0 Å². The highest BCUT2D eigenvalue weighted by Gasteiger charge is 2.36. The van der Waals surface area contributed by atoms with E-state index < -0.39 is 11.5 Å². The topological polar surface area (TPSA) is 26.0 Å². The van der Waals surface area contributed by atoms with Crippen LogP contribution in [0.4, 0.5) is 8.78 Å². The number of rotatable bonds is 4. The van der Waals surface area contributed by atoms with Crippen LogP contribution >= 0.6 is 11.8 Å². The van der Waals surface area contributed by atoms with Gasteiger partial charge in [0.1, 0.15) is 0 Å². The number of hydrogen-bond donors (Lipinski definition) is 1. The number of thioether (sulfide) groups is 1. The normalized spacial score (nSPS) is 12.9. The first-order chi connectivity index (χ1) is 7.24. The summed E-state index contributed by atoms with van der Waals surface area (Å²) in [5.74, 6) is -2.87. The van der Waals surface area contributed by atoms with E-state index in [0.29, 0.717) is 0 Å². The molecule has 1 aromatic rings. The Labute approximate surface area is 99.4 Å². The van der Waals surface area contributed by atoms with Gasteiger partial charge in [-0.3, -0.25) is 0 Å². The molecule has 4 heteroatoms. The first-order valence-electron chi connectivity index (χ1n) is 5.06. The van der Waals surface area contributed by atoms with Crippen molar-refractivity contribution >= 4 is 11.8 Å². The van der Waals surface area contributed by atoms with Crippen molar-refractivity contribution in [1.82, 2.24) is 0 Å². The van der Waals surface area contributed by atoms with Crippen molar-refractivity contribution in [2.75, 3.05) is 6.26 Å². The molecule has 0 aliphatic carbocycles. The zero-order valence-electron chi connectivity index (χ0n) is 9.76. The van der Waals surface area contributed by atoms with E-state index in [1.165, 1.54) is 23.9 Å². The number of nitrogens with two attached hydrogens (primary N) is 1. The fourth-order valence-corrected chi connectivity index (χ4v) is 1.92. The van der Waals surface area contributed by atoms with Gasteiger partial charge in [0.05, 0.1) is 0 Å². The Bertz CT molecular complexity index is 341. The third-order valence-corrected chi connectivity index (χ3v) is 2.93. The first-order valence-corrected chi connectivity index (χ1v) is 6.28. The molecule has 0 aromatic heterocycles. The van der Waals surface area contributed by atoms with Crippen molar-refractivity contribution in [3.63, 3.8) is 0 Å². The molecule has 2 N–H and O–H groups in total. The lowest BCUT2D eigenvalue weighted by molar-refractivity contribution is -0.0296. The second kappa shape index (κ2) is 4.72. The highest BCUT2D eigenvalue weighted by atomic mass is 32.2. The predicted molar refractivity (Wildman–Crippen MR) is 65.0 cm³/mol. The van der Waals surface area contributed by atoms with Crippen molar-refractivity contribution in [2.24, 2.45) is 5.73 Å². The van der Waals surface area contributed by atoms with Gasteiger partial charge in [0, 0.05) is 22.4 Å². The lowest BCUT2D eigenvalue weighted by atomic mass is 9.93. The lowest BCUT2D eigenvalue weighted by Crippen LogP contribution is -2.38. The monoisotopic (exact) mass is 245 g/mol. The summed E-state index contributed by atoms with van der Waals surface area (Å²) in [6.45, 7) is 3.22. The van der Waals surface area contributed by atoms with Crippen LogP contribution in [0.25, 0.3) is 0 Å². The van der Waals surface area contributed by atoms with Gasteiger partial charge in [-0.05, 0) is 32.2 Å². The highest BCUT2D eigenvalue weighted by Crippen LogP contribution is 2.35. The fourth-order valence-electron chi connectivity index (χ4n) is 1.51. The Hall–Kier alpha value is -0.610. The molecule has 0 aliphatic rings. The summed E-state index contributed by atoms with van der Waals surface area (Å²) in [6, 6.07) is 6.35. The maximum Gasteiger partial charge on any atom is 0.274 e. The molecule has 1 aromatic carbocycles. The smallest absolute Gasteiger partial charge is 0.274 e. The average Bonchev–Trinajstić information content (AvgIpc) is 2.14. The molecule has 1 nitrogen and oxygen atoms in total.